The number of benzene rings is 1. The number of hydrogen-bond acceptors (Lipinski definition) is 4. The van der Waals surface area contributed by atoms with Gasteiger partial charge in [-0.3, -0.25) is 19.0 Å². The van der Waals surface area contributed by atoms with Crippen molar-refractivity contribution in [1.82, 2.24) is 14.9 Å². The van der Waals surface area contributed by atoms with E-state index in [4.69, 9.17) is 5.11 Å². The molecule has 0 unspecified atom stereocenters. The summed E-state index contributed by atoms with van der Waals surface area (Å²) in [4.78, 5) is 49.6. The molecule has 1 amide bonds. The van der Waals surface area contributed by atoms with Crippen molar-refractivity contribution < 1.29 is 14.7 Å². The standard InChI is InChI=1S/C15H17N3O5/c1-15(2,13(21)22)8-16-11(19)7-18-12(20)9-5-3-4-6-10(9)17-14(18)23/h3-6H,7-8H2,1-2H3,(H,16,19)(H,17,23)(H,21,22). The molecule has 0 aliphatic heterocycles. The lowest BCUT2D eigenvalue weighted by Crippen LogP contribution is -2.44. The molecule has 0 aliphatic carbocycles. The van der Waals surface area contributed by atoms with Crippen LogP contribution in [0.15, 0.2) is 33.9 Å². The van der Waals surface area contributed by atoms with Crippen LogP contribution >= 0.6 is 0 Å². The fourth-order valence-electron chi connectivity index (χ4n) is 1.94. The van der Waals surface area contributed by atoms with Gasteiger partial charge in [-0.15, -0.1) is 0 Å². The average molecular weight is 319 g/mol. The highest BCUT2D eigenvalue weighted by molar-refractivity contribution is 5.80. The van der Waals surface area contributed by atoms with E-state index in [0.717, 1.165) is 4.57 Å². The average Bonchev–Trinajstić information content (AvgIpc) is 2.49. The highest BCUT2D eigenvalue weighted by Gasteiger charge is 2.27. The monoisotopic (exact) mass is 319 g/mol. The summed E-state index contributed by atoms with van der Waals surface area (Å²) < 4.78 is 0.783. The van der Waals surface area contributed by atoms with Crippen LogP contribution in [0, 0.1) is 5.41 Å². The van der Waals surface area contributed by atoms with Crippen LogP contribution < -0.4 is 16.6 Å². The van der Waals surface area contributed by atoms with Gasteiger partial charge in [0, 0.05) is 6.54 Å². The highest BCUT2D eigenvalue weighted by Crippen LogP contribution is 2.12. The fraction of sp³-hybridized carbons (Fsp3) is 0.333. The highest BCUT2D eigenvalue weighted by atomic mass is 16.4. The molecule has 0 spiro atoms. The molecule has 23 heavy (non-hydrogen) atoms. The van der Waals surface area contributed by atoms with E-state index in [1.54, 1.807) is 24.3 Å². The maximum Gasteiger partial charge on any atom is 0.329 e. The van der Waals surface area contributed by atoms with Gasteiger partial charge in [0.15, 0.2) is 0 Å². The minimum atomic E-state index is -1.14. The largest absolute Gasteiger partial charge is 0.481 e. The number of carbonyl (C=O) groups is 2. The molecule has 1 aromatic carbocycles. The predicted octanol–water partition coefficient (Wildman–Crippen LogP) is -0.0832. The van der Waals surface area contributed by atoms with Gasteiger partial charge in [-0.1, -0.05) is 12.1 Å². The van der Waals surface area contributed by atoms with Gasteiger partial charge >= 0.3 is 11.7 Å². The summed E-state index contributed by atoms with van der Waals surface area (Å²) in [5.41, 5.74) is -2.01. The Bertz CT molecular complexity index is 879. The first-order chi connectivity index (χ1) is 10.7. The first kappa shape index (κ1) is 16.5. The zero-order valence-electron chi connectivity index (χ0n) is 12.8. The van der Waals surface area contributed by atoms with Crippen molar-refractivity contribution in [2.75, 3.05) is 6.54 Å². The number of amides is 1. The number of para-hydroxylation sites is 1. The van der Waals surface area contributed by atoms with Crippen molar-refractivity contribution in [2.45, 2.75) is 20.4 Å². The lowest BCUT2D eigenvalue weighted by atomic mass is 9.94. The molecule has 0 atom stereocenters. The number of nitrogens with zero attached hydrogens (tertiary/aromatic N) is 1. The Morgan fingerprint density at radius 3 is 2.57 bits per heavy atom. The third-order valence-electron chi connectivity index (χ3n) is 3.50. The van der Waals surface area contributed by atoms with Crippen molar-refractivity contribution in [3.63, 3.8) is 0 Å². The summed E-state index contributed by atoms with van der Waals surface area (Å²) in [6, 6.07) is 6.48. The minimum Gasteiger partial charge on any atom is -0.481 e. The Balaban J connectivity index is 2.22. The van der Waals surface area contributed by atoms with Gasteiger partial charge in [0.25, 0.3) is 5.56 Å². The summed E-state index contributed by atoms with van der Waals surface area (Å²) in [6.45, 7) is 2.34. The van der Waals surface area contributed by atoms with Crippen LogP contribution in [-0.4, -0.2) is 33.1 Å². The molecule has 8 heteroatoms. The van der Waals surface area contributed by atoms with Crippen LogP contribution in [0.1, 0.15) is 13.8 Å². The third kappa shape index (κ3) is 3.47. The molecule has 122 valence electrons. The molecular formula is C15H17N3O5. The number of nitrogens with one attached hydrogen (secondary N) is 2. The Labute approximate surface area is 130 Å². The normalized spacial score (nSPS) is 11.4. The van der Waals surface area contributed by atoms with Crippen molar-refractivity contribution in [2.24, 2.45) is 5.41 Å². The van der Waals surface area contributed by atoms with Crippen LogP contribution in [0.3, 0.4) is 0 Å². The van der Waals surface area contributed by atoms with Crippen LogP contribution in [0.5, 0.6) is 0 Å². The van der Waals surface area contributed by atoms with Crippen molar-refractivity contribution >= 4 is 22.8 Å². The number of hydrogen-bond donors (Lipinski definition) is 3. The molecular weight excluding hydrogens is 302 g/mol. The van der Waals surface area contributed by atoms with Gasteiger partial charge in [0.1, 0.15) is 6.54 Å². The number of carbonyl (C=O) groups excluding carboxylic acids is 1. The number of H-pyrrole nitrogens is 1. The molecule has 0 radical (unpaired) electrons. The maximum absolute atomic E-state index is 12.3. The number of carboxylic acids is 1. The van der Waals surface area contributed by atoms with Gasteiger partial charge in [-0.05, 0) is 26.0 Å². The topological polar surface area (TPSA) is 121 Å². The molecule has 2 rings (SSSR count). The Morgan fingerprint density at radius 1 is 1.26 bits per heavy atom. The molecule has 0 fully saturated rings. The second-order valence-electron chi connectivity index (χ2n) is 5.83. The van der Waals surface area contributed by atoms with E-state index in [2.05, 4.69) is 10.3 Å². The number of fused-ring (bicyclic) bond motifs is 1. The van der Waals surface area contributed by atoms with E-state index in [1.165, 1.54) is 13.8 Å². The van der Waals surface area contributed by atoms with Crippen LogP contribution in [0.2, 0.25) is 0 Å². The van der Waals surface area contributed by atoms with E-state index in [-0.39, 0.29) is 6.54 Å². The quantitative estimate of drug-likeness (QED) is 0.711. The van der Waals surface area contributed by atoms with Gasteiger partial charge in [0.2, 0.25) is 5.91 Å². The number of carboxylic acid groups (broad SMARTS) is 1. The first-order valence-electron chi connectivity index (χ1n) is 6.94. The van der Waals surface area contributed by atoms with E-state index in [9.17, 15) is 19.2 Å². The number of rotatable bonds is 5. The Morgan fingerprint density at radius 2 is 1.91 bits per heavy atom. The number of aromatic nitrogens is 2. The van der Waals surface area contributed by atoms with Crippen molar-refractivity contribution in [3.05, 3.63) is 45.1 Å². The lowest BCUT2D eigenvalue weighted by molar-refractivity contribution is -0.146. The van der Waals surface area contributed by atoms with Crippen LogP contribution in [-0.2, 0) is 16.1 Å². The van der Waals surface area contributed by atoms with Gasteiger partial charge < -0.3 is 15.4 Å². The summed E-state index contributed by atoms with van der Waals surface area (Å²) in [5.74, 6) is -1.67. The van der Waals surface area contributed by atoms with Gasteiger partial charge in [0.05, 0.1) is 16.3 Å². The molecule has 0 saturated carbocycles. The molecule has 0 bridgehead atoms. The minimum absolute atomic E-state index is 0.110. The second-order valence-corrected chi connectivity index (χ2v) is 5.83. The summed E-state index contributed by atoms with van der Waals surface area (Å²) >= 11 is 0. The number of aromatic amines is 1. The third-order valence-corrected chi connectivity index (χ3v) is 3.50. The first-order valence-corrected chi connectivity index (χ1v) is 6.94. The zero-order chi connectivity index (χ0) is 17.2. The fourth-order valence-corrected chi connectivity index (χ4v) is 1.94. The Kier molecular flexibility index (Phi) is 4.35. The molecule has 8 nitrogen and oxygen atoms in total. The molecule has 2 aromatic rings. The number of aliphatic carboxylic acids is 1. The SMILES string of the molecule is CC(C)(CNC(=O)Cn1c(=O)[nH]c2ccccc2c1=O)C(=O)O. The maximum atomic E-state index is 12.3. The summed E-state index contributed by atoms with van der Waals surface area (Å²) in [5, 5.41) is 11.7. The van der Waals surface area contributed by atoms with Crippen LogP contribution in [0.4, 0.5) is 0 Å². The van der Waals surface area contributed by atoms with E-state index >= 15 is 0 Å². The van der Waals surface area contributed by atoms with E-state index in [0.29, 0.717) is 10.9 Å². The van der Waals surface area contributed by atoms with Crippen molar-refractivity contribution in [3.8, 4) is 0 Å². The smallest absolute Gasteiger partial charge is 0.329 e. The van der Waals surface area contributed by atoms with E-state index in [1.807, 2.05) is 0 Å². The summed E-state index contributed by atoms with van der Waals surface area (Å²) in [7, 11) is 0. The van der Waals surface area contributed by atoms with Gasteiger partial charge in [-0.25, -0.2) is 4.79 Å². The second kappa shape index (κ2) is 6.07. The molecule has 0 aliphatic rings. The zero-order valence-corrected chi connectivity index (χ0v) is 12.8. The van der Waals surface area contributed by atoms with Crippen LogP contribution in [0.25, 0.3) is 10.9 Å². The Hall–Kier alpha value is -2.90. The van der Waals surface area contributed by atoms with Crippen molar-refractivity contribution in [1.29, 1.82) is 0 Å². The lowest BCUT2D eigenvalue weighted by Gasteiger charge is -2.19. The summed E-state index contributed by atoms with van der Waals surface area (Å²) in [6.07, 6.45) is 0. The van der Waals surface area contributed by atoms with E-state index < -0.39 is 35.1 Å². The molecule has 0 saturated heterocycles. The molecule has 3 N–H and O–H groups in total. The molecule has 1 heterocycles. The predicted molar refractivity (Wildman–Crippen MR) is 83.3 cm³/mol. The molecule has 1 aromatic heterocycles. The van der Waals surface area contributed by atoms with Gasteiger partial charge in [-0.2, -0.15) is 0 Å².